The zero-order chi connectivity index (χ0) is 10.1. The molecule has 0 aliphatic carbocycles. The van der Waals surface area contributed by atoms with Crippen LogP contribution in [-0.2, 0) is 7.05 Å². The number of aromatic nitrogens is 4. The molecule has 0 aromatic carbocycles. The quantitative estimate of drug-likeness (QED) is 0.704. The molecule has 0 aliphatic rings. The van der Waals surface area contributed by atoms with Gasteiger partial charge in [-0.15, -0.1) is 0 Å². The van der Waals surface area contributed by atoms with Gasteiger partial charge in [0.05, 0.1) is 11.2 Å². The molecule has 0 amide bonds. The van der Waals surface area contributed by atoms with Crippen molar-refractivity contribution in [3.63, 3.8) is 0 Å². The number of halogens is 2. The van der Waals surface area contributed by atoms with E-state index in [1.807, 2.05) is 0 Å². The van der Waals surface area contributed by atoms with E-state index in [1.54, 1.807) is 25.5 Å². The predicted octanol–water partition coefficient (Wildman–Crippen LogP) is 2.18. The van der Waals surface area contributed by atoms with Crippen molar-refractivity contribution in [2.24, 2.45) is 7.05 Å². The second-order valence-electron chi connectivity index (χ2n) is 2.71. The Morgan fingerprint density at radius 1 is 1.29 bits per heavy atom. The largest absolute Gasteiger partial charge is 0.244 e. The molecule has 4 nitrogen and oxygen atoms in total. The molecule has 2 aromatic rings. The SMILES string of the molecule is Cn1ncc(-c2cnc(Cl)cc2Cl)n1. The Bertz CT molecular complexity index is 466. The van der Waals surface area contributed by atoms with Crippen LogP contribution in [0.15, 0.2) is 18.5 Å². The molecule has 2 heterocycles. The third kappa shape index (κ3) is 1.71. The fourth-order valence-electron chi connectivity index (χ4n) is 1.07. The van der Waals surface area contributed by atoms with Gasteiger partial charge in [0.25, 0.3) is 0 Å². The van der Waals surface area contributed by atoms with Gasteiger partial charge in [-0.05, 0) is 6.07 Å². The molecule has 2 rings (SSSR count). The topological polar surface area (TPSA) is 43.6 Å². The first-order valence-electron chi connectivity index (χ1n) is 3.84. The van der Waals surface area contributed by atoms with E-state index in [0.717, 1.165) is 5.56 Å². The molecule has 0 radical (unpaired) electrons. The summed E-state index contributed by atoms with van der Waals surface area (Å²) < 4.78 is 0. The van der Waals surface area contributed by atoms with Crippen LogP contribution in [0.25, 0.3) is 11.3 Å². The summed E-state index contributed by atoms with van der Waals surface area (Å²) in [5.41, 5.74) is 1.41. The average molecular weight is 229 g/mol. The highest BCUT2D eigenvalue weighted by molar-refractivity contribution is 6.35. The zero-order valence-electron chi connectivity index (χ0n) is 7.28. The van der Waals surface area contributed by atoms with Crippen molar-refractivity contribution >= 4 is 23.2 Å². The molecule has 0 N–H and O–H groups in total. The van der Waals surface area contributed by atoms with Crippen molar-refractivity contribution < 1.29 is 0 Å². The van der Waals surface area contributed by atoms with Crippen LogP contribution >= 0.6 is 23.2 Å². The maximum absolute atomic E-state index is 5.97. The summed E-state index contributed by atoms with van der Waals surface area (Å²) in [5, 5.41) is 8.93. The smallest absolute Gasteiger partial charge is 0.130 e. The van der Waals surface area contributed by atoms with Gasteiger partial charge in [0.15, 0.2) is 0 Å². The van der Waals surface area contributed by atoms with Gasteiger partial charge in [-0.25, -0.2) is 4.98 Å². The fourth-order valence-corrected chi connectivity index (χ4v) is 1.53. The first kappa shape index (κ1) is 9.43. The van der Waals surface area contributed by atoms with E-state index in [1.165, 1.54) is 4.80 Å². The fraction of sp³-hybridized carbons (Fsp3) is 0.125. The maximum Gasteiger partial charge on any atom is 0.130 e. The Kier molecular flexibility index (Phi) is 2.39. The van der Waals surface area contributed by atoms with Crippen LogP contribution in [0.3, 0.4) is 0 Å². The second-order valence-corrected chi connectivity index (χ2v) is 3.50. The standard InChI is InChI=1S/C8H6Cl2N4/c1-14-12-4-7(13-14)5-3-11-8(10)2-6(5)9/h2-4H,1H3. The first-order chi connectivity index (χ1) is 6.66. The Balaban J connectivity index is 2.52. The van der Waals surface area contributed by atoms with Crippen molar-refractivity contribution in [3.8, 4) is 11.3 Å². The average Bonchev–Trinajstić information content (AvgIpc) is 2.51. The molecule has 0 saturated carbocycles. The highest BCUT2D eigenvalue weighted by Gasteiger charge is 2.07. The van der Waals surface area contributed by atoms with Gasteiger partial charge in [-0.3, -0.25) is 0 Å². The number of hydrogen-bond acceptors (Lipinski definition) is 3. The molecular formula is C8H6Cl2N4. The van der Waals surface area contributed by atoms with E-state index < -0.39 is 0 Å². The number of rotatable bonds is 1. The van der Waals surface area contributed by atoms with Crippen LogP contribution in [0.4, 0.5) is 0 Å². The van der Waals surface area contributed by atoms with Crippen LogP contribution in [0.5, 0.6) is 0 Å². The predicted molar refractivity (Wildman–Crippen MR) is 54.3 cm³/mol. The van der Waals surface area contributed by atoms with Gasteiger partial charge < -0.3 is 0 Å². The number of nitrogens with zero attached hydrogens (tertiary/aromatic N) is 4. The summed E-state index contributed by atoms with van der Waals surface area (Å²) in [4.78, 5) is 5.39. The van der Waals surface area contributed by atoms with E-state index in [9.17, 15) is 0 Å². The van der Waals surface area contributed by atoms with Gasteiger partial charge in [-0.2, -0.15) is 15.0 Å². The number of hydrogen-bond donors (Lipinski definition) is 0. The summed E-state index contributed by atoms with van der Waals surface area (Å²) in [6.45, 7) is 0. The lowest BCUT2D eigenvalue weighted by Gasteiger charge is -1.98. The van der Waals surface area contributed by atoms with Crippen molar-refractivity contribution in [2.75, 3.05) is 0 Å². The lowest BCUT2D eigenvalue weighted by atomic mass is 10.2. The third-order valence-corrected chi connectivity index (χ3v) is 2.22. The minimum absolute atomic E-state index is 0.364. The van der Waals surface area contributed by atoms with Crippen molar-refractivity contribution in [1.29, 1.82) is 0 Å². The monoisotopic (exact) mass is 228 g/mol. The molecule has 6 heteroatoms. The van der Waals surface area contributed by atoms with Crippen LogP contribution in [0.1, 0.15) is 0 Å². The van der Waals surface area contributed by atoms with Crippen LogP contribution in [0, 0.1) is 0 Å². The van der Waals surface area contributed by atoms with Gasteiger partial charge in [0.2, 0.25) is 0 Å². The summed E-state index contributed by atoms with van der Waals surface area (Å²) in [7, 11) is 1.74. The Hall–Kier alpha value is -1.13. The molecule has 0 spiro atoms. The van der Waals surface area contributed by atoms with E-state index in [2.05, 4.69) is 15.2 Å². The molecule has 0 saturated heterocycles. The van der Waals surface area contributed by atoms with Gasteiger partial charge in [0.1, 0.15) is 10.8 Å². The molecular weight excluding hydrogens is 223 g/mol. The second kappa shape index (κ2) is 3.55. The Morgan fingerprint density at radius 3 is 2.64 bits per heavy atom. The number of pyridine rings is 1. The van der Waals surface area contributed by atoms with Gasteiger partial charge in [-0.1, -0.05) is 23.2 Å². The van der Waals surface area contributed by atoms with E-state index in [-0.39, 0.29) is 0 Å². The normalized spacial score (nSPS) is 10.5. The van der Waals surface area contributed by atoms with Crippen LogP contribution in [0.2, 0.25) is 10.2 Å². The Labute approximate surface area is 90.5 Å². The summed E-state index contributed by atoms with van der Waals surface area (Å²) in [6, 6.07) is 1.58. The zero-order valence-corrected chi connectivity index (χ0v) is 8.79. The lowest BCUT2D eigenvalue weighted by Crippen LogP contribution is -1.92. The summed E-state index contributed by atoms with van der Waals surface area (Å²) >= 11 is 11.6. The summed E-state index contributed by atoms with van der Waals surface area (Å²) in [6.07, 6.45) is 3.20. The van der Waals surface area contributed by atoms with E-state index in [0.29, 0.717) is 15.9 Å². The minimum Gasteiger partial charge on any atom is -0.244 e. The van der Waals surface area contributed by atoms with E-state index in [4.69, 9.17) is 23.2 Å². The highest BCUT2D eigenvalue weighted by Crippen LogP contribution is 2.26. The first-order valence-corrected chi connectivity index (χ1v) is 4.60. The third-order valence-electron chi connectivity index (χ3n) is 1.70. The Morgan fingerprint density at radius 2 is 2.07 bits per heavy atom. The van der Waals surface area contributed by atoms with Crippen LogP contribution in [-0.4, -0.2) is 20.0 Å². The van der Waals surface area contributed by atoms with Crippen LogP contribution < -0.4 is 0 Å². The molecule has 0 fully saturated rings. The molecule has 14 heavy (non-hydrogen) atoms. The lowest BCUT2D eigenvalue weighted by molar-refractivity contribution is 0.655. The molecule has 0 bridgehead atoms. The maximum atomic E-state index is 5.97. The highest BCUT2D eigenvalue weighted by atomic mass is 35.5. The molecule has 0 atom stereocenters. The van der Waals surface area contributed by atoms with E-state index >= 15 is 0 Å². The molecule has 72 valence electrons. The summed E-state index contributed by atoms with van der Waals surface area (Å²) in [5.74, 6) is 0. The molecule has 0 aliphatic heterocycles. The number of aryl methyl sites for hydroxylation is 1. The molecule has 2 aromatic heterocycles. The van der Waals surface area contributed by atoms with Crippen molar-refractivity contribution in [3.05, 3.63) is 28.6 Å². The molecule has 0 unspecified atom stereocenters. The van der Waals surface area contributed by atoms with Crippen molar-refractivity contribution in [2.45, 2.75) is 0 Å². The van der Waals surface area contributed by atoms with Crippen molar-refractivity contribution in [1.82, 2.24) is 20.0 Å². The van der Waals surface area contributed by atoms with Gasteiger partial charge >= 0.3 is 0 Å². The van der Waals surface area contributed by atoms with Gasteiger partial charge in [0, 0.05) is 18.8 Å². The minimum atomic E-state index is 0.364.